The summed E-state index contributed by atoms with van der Waals surface area (Å²) in [5.74, 6) is 0.812. The Balaban J connectivity index is 2.34. The van der Waals surface area contributed by atoms with Gasteiger partial charge in [0.1, 0.15) is 5.75 Å². The van der Waals surface area contributed by atoms with Crippen LogP contribution in [0.25, 0.3) is 0 Å². The van der Waals surface area contributed by atoms with Gasteiger partial charge in [0, 0.05) is 24.0 Å². The Morgan fingerprint density at radius 2 is 1.82 bits per heavy atom. The van der Waals surface area contributed by atoms with Crippen molar-refractivity contribution in [1.82, 2.24) is 0 Å². The molecule has 0 spiro atoms. The predicted molar refractivity (Wildman–Crippen MR) is 57.4 cm³/mol. The lowest BCUT2D eigenvalue weighted by molar-refractivity contribution is -0.386. The highest BCUT2D eigenvalue weighted by molar-refractivity contribution is 5.69. The van der Waals surface area contributed by atoms with Gasteiger partial charge >= 0.3 is 5.69 Å². The highest BCUT2D eigenvalue weighted by atomic mass is 16.6. The molecule has 1 aromatic carbocycles. The van der Waals surface area contributed by atoms with Gasteiger partial charge in [-0.05, 0) is 0 Å². The van der Waals surface area contributed by atoms with Gasteiger partial charge in [0.25, 0.3) is 0 Å². The number of nitro benzene ring substituents is 1. The fourth-order valence-corrected chi connectivity index (χ4v) is 2.54. The molecule has 0 amide bonds. The van der Waals surface area contributed by atoms with Gasteiger partial charge in [0.2, 0.25) is 5.75 Å². The van der Waals surface area contributed by atoms with Crippen molar-refractivity contribution in [2.24, 2.45) is 0 Å². The fourth-order valence-electron chi connectivity index (χ4n) is 2.54. The summed E-state index contributed by atoms with van der Waals surface area (Å²) in [5, 5.41) is 20.5. The van der Waals surface area contributed by atoms with E-state index < -0.39 is 4.92 Å². The Morgan fingerprint density at radius 3 is 2.47 bits per heavy atom. The topological polar surface area (TPSA) is 81.8 Å². The highest BCUT2D eigenvalue weighted by Crippen LogP contribution is 2.48. The molecule has 6 nitrogen and oxygen atoms in total. The minimum Gasteiger partial charge on any atom is -0.492 e. The molecule has 1 N–H and O–H groups in total. The minimum atomic E-state index is -0.418. The molecule has 1 aromatic rings. The molecule has 2 aliphatic heterocycles. The summed E-state index contributed by atoms with van der Waals surface area (Å²) in [6, 6.07) is 0. The first-order valence-electron chi connectivity index (χ1n) is 5.45. The molecule has 90 valence electrons. The third-order valence-corrected chi connectivity index (χ3v) is 3.23. The zero-order chi connectivity index (χ0) is 12.0. The van der Waals surface area contributed by atoms with Crippen LogP contribution >= 0.6 is 0 Å². The maximum Gasteiger partial charge on any atom is 0.318 e. The summed E-state index contributed by atoms with van der Waals surface area (Å²) in [4.78, 5) is 10.7. The molecule has 0 saturated carbocycles. The van der Waals surface area contributed by atoms with Crippen LogP contribution in [0.1, 0.15) is 16.7 Å². The van der Waals surface area contributed by atoms with Gasteiger partial charge < -0.3 is 14.6 Å². The van der Waals surface area contributed by atoms with E-state index in [-0.39, 0.29) is 12.3 Å². The summed E-state index contributed by atoms with van der Waals surface area (Å²) in [7, 11) is 0. The van der Waals surface area contributed by atoms with Gasteiger partial charge in [0.15, 0.2) is 0 Å². The number of aliphatic hydroxyl groups is 1. The van der Waals surface area contributed by atoms with Crippen LogP contribution in [0.15, 0.2) is 0 Å². The van der Waals surface area contributed by atoms with Crippen LogP contribution < -0.4 is 9.47 Å². The van der Waals surface area contributed by atoms with E-state index in [1.807, 2.05) is 0 Å². The summed E-state index contributed by atoms with van der Waals surface area (Å²) < 4.78 is 10.8. The molecule has 0 aliphatic carbocycles. The lowest BCUT2D eigenvalue weighted by Gasteiger charge is -2.11. The summed E-state index contributed by atoms with van der Waals surface area (Å²) in [6.45, 7) is 0.671. The van der Waals surface area contributed by atoms with E-state index in [2.05, 4.69) is 0 Å². The fraction of sp³-hybridized carbons (Fsp3) is 0.455. The maximum atomic E-state index is 11.1. The van der Waals surface area contributed by atoms with Crippen molar-refractivity contribution in [3.63, 3.8) is 0 Å². The standard InChI is InChI=1S/C11H11NO5/c13-5-8-6-1-3-17-11(6)9(12(14)15)7-2-4-16-10(7)8/h13H,1-5H2. The van der Waals surface area contributed by atoms with E-state index in [1.54, 1.807) is 0 Å². The van der Waals surface area contributed by atoms with E-state index in [9.17, 15) is 15.2 Å². The average molecular weight is 237 g/mol. The van der Waals surface area contributed by atoms with Crippen LogP contribution in [0.5, 0.6) is 11.5 Å². The molecule has 0 radical (unpaired) electrons. The Kier molecular flexibility index (Phi) is 2.19. The summed E-state index contributed by atoms with van der Waals surface area (Å²) >= 11 is 0. The average Bonchev–Trinajstić information content (AvgIpc) is 2.92. The third kappa shape index (κ3) is 1.30. The van der Waals surface area contributed by atoms with Gasteiger partial charge in [0.05, 0.1) is 30.3 Å². The van der Waals surface area contributed by atoms with Crippen LogP contribution in [-0.4, -0.2) is 23.2 Å². The third-order valence-electron chi connectivity index (χ3n) is 3.23. The molecule has 17 heavy (non-hydrogen) atoms. The Hall–Kier alpha value is -1.82. The number of nitrogens with zero attached hydrogens (tertiary/aromatic N) is 1. The van der Waals surface area contributed by atoms with Crippen molar-refractivity contribution >= 4 is 5.69 Å². The monoisotopic (exact) mass is 237 g/mol. The van der Waals surface area contributed by atoms with Crippen molar-refractivity contribution in [1.29, 1.82) is 0 Å². The molecule has 0 bridgehead atoms. The number of aliphatic hydroxyl groups excluding tert-OH is 1. The molecule has 0 fully saturated rings. The Labute approximate surface area is 96.9 Å². The van der Waals surface area contributed by atoms with Gasteiger partial charge in [-0.3, -0.25) is 10.1 Å². The van der Waals surface area contributed by atoms with E-state index >= 15 is 0 Å². The Morgan fingerprint density at radius 1 is 1.18 bits per heavy atom. The molecule has 0 saturated heterocycles. The molecular weight excluding hydrogens is 226 g/mol. The normalized spacial score (nSPS) is 16.1. The second kappa shape index (κ2) is 3.59. The lowest BCUT2D eigenvalue weighted by atomic mass is 9.98. The first-order chi connectivity index (χ1) is 8.24. The van der Waals surface area contributed by atoms with E-state index in [1.165, 1.54) is 0 Å². The van der Waals surface area contributed by atoms with Gasteiger partial charge in [-0.1, -0.05) is 0 Å². The second-order valence-corrected chi connectivity index (χ2v) is 4.05. The van der Waals surface area contributed by atoms with Crippen LogP contribution in [0, 0.1) is 10.1 Å². The summed E-state index contributed by atoms with van der Waals surface area (Å²) in [6.07, 6.45) is 1.08. The number of ether oxygens (including phenoxy) is 2. The molecule has 0 atom stereocenters. The van der Waals surface area contributed by atoms with Gasteiger partial charge in [-0.2, -0.15) is 0 Å². The smallest absolute Gasteiger partial charge is 0.318 e. The van der Waals surface area contributed by atoms with E-state index in [4.69, 9.17) is 9.47 Å². The van der Waals surface area contributed by atoms with E-state index in [0.717, 1.165) is 5.56 Å². The van der Waals surface area contributed by atoms with Gasteiger partial charge in [-0.15, -0.1) is 0 Å². The SMILES string of the molecule is O=[N+]([O-])c1c2c(c(CO)c3c1OCC3)OCC2. The number of nitro groups is 1. The summed E-state index contributed by atoms with van der Waals surface area (Å²) in [5.41, 5.74) is 1.94. The lowest BCUT2D eigenvalue weighted by Crippen LogP contribution is -2.01. The molecule has 6 heteroatoms. The van der Waals surface area contributed by atoms with Crippen molar-refractivity contribution in [2.45, 2.75) is 19.4 Å². The largest absolute Gasteiger partial charge is 0.492 e. The Bertz CT molecular complexity index is 476. The number of fused-ring (bicyclic) bond motifs is 2. The quantitative estimate of drug-likeness (QED) is 0.611. The predicted octanol–water partition coefficient (Wildman–Crippen LogP) is 0.957. The number of rotatable bonds is 2. The van der Waals surface area contributed by atoms with Crippen molar-refractivity contribution in [3.05, 3.63) is 26.8 Å². The first-order valence-corrected chi connectivity index (χ1v) is 5.45. The van der Waals surface area contributed by atoms with Crippen molar-refractivity contribution < 1.29 is 19.5 Å². The van der Waals surface area contributed by atoms with Crippen LogP contribution in [0.2, 0.25) is 0 Å². The van der Waals surface area contributed by atoms with E-state index in [0.29, 0.717) is 48.7 Å². The molecule has 0 aromatic heterocycles. The van der Waals surface area contributed by atoms with Crippen LogP contribution in [-0.2, 0) is 19.4 Å². The zero-order valence-electron chi connectivity index (χ0n) is 9.06. The number of hydrogen-bond acceptors (Lipinski definition) is 5. The molecular formula is C11H11NO5. The molecule has 2 aliphatic rings. The first kappa shape index (κ1) is 10.3. The molecule has 2 heterocycles. The van der Waals surface area contributed by atoms with Gasteiger partial charge in [-0.25, -0.2) is 0 Å². The second-order valence-electron chi connectivity index (χ2n) is 4.05. The number of hydrogen-bond donors (Lipinski definition) is 1. The van der Waals surface area contributed by atoms with Crippen molar-refractivity contribution in [3.8, 4) is 11.5 Å². The zero-order valence-corrected chi connectivity index (χ0v) is 9.06. The van der Waals surface area contributed by atoms with Crippen molar-refractivity contribution in [2.75, 3.05) is 13.2 Å². The number of benzene rings is 1. The van der Waals surface area contributed by atoms with Crippen LogP contribution in [0.3, 0.4) is 0 Å². The maximum absolute atomic E-state index is 11.1. The molecule has 3 rings (SSSR count). The molecule has 0 unspecified atom stereocenters. The van der Waals surface area contributed by atoms with Crippen LogP contribution in [0.4, 0.5) is 5.69 Å². The highest BCUT2D eigenvalue weighted by Gasteiger charge is 2.36. The minimum absolute atomic E-state index is 0.0159.